The summed E-state index contributed by atoms with van der Waals surface area (Å²) in [5.41, 5.74) is 2.11. The molecule has 3 rings (SSSR count). The lowest BCUT2D eigenvalue weighted by Gasteiger charge is -2.32. The number of rotatable bonds is 6. The van der Waals surface area contributed by atoms with E-state index < -0.39 is 17.8 Å². The fourth-order valence-corrected chi connectivity index (χ4v) is 3.42. The summed E-state index contributed by atoms with van der Waals surface area (Å²) in [5.74, 6) is -1.79. The Hall–Kier alpha value is -3.19. The molecule has 7 heteroatoms. The molecule has 1 fully saturated rings. The average Bonchev–Trinajstić information content (AvgIpc) is 2.76. The predicted octanol–water partition coefficient (Wildman–Crippen LogP) is 2.58. The molecular formula is C23H27N3O4. The van der Waals surface area contributed by atoms with Crippen molar-refractivity contribution in [2.45, 2.75) is 32.4 Å². The van der Waals surface area contributed by atoms with Crippen molar-refractivity contribution in [3.8, 4) is 0 Å². The molecule has 158 valence electrons. The highest BCUT2D eigenvalue weighted by Gasteiger charge is 2.23. The van der Waals surface area contributed by atoms with Crippen LogP contribution >= 0.6 is 0 Å². The monoisotopic (exact) mass is 409 g/mol. The van der Waals surface area contributed by atoms with E-state index in [0.29, 0.717) is 17.9 Å². The highest BCUT2D eigenvalue weighted by atomic mass is 16.5. The summed E-state index contributed by atoms with van der Waals surface area (Å²) in [6.45, 7) is 4.66. The molecule has 2 N–H and O–H groups in total. The number of carbonyl (C=O) groups excluding carboxylic acids is 3. The number of amides is 2. The van der Waals surface area contributed by atoms with Gasteiger partial charge < -0.3 is 15.4 Å². The van der Waals surface area contributed by atoms with Gasteiger partial charge in [-0.3, -0.25) is 14.5 Å². The molecule has 7 nitrogen and oxygen atoms in total. The third kappa shape index (κ3) is 6.15. The fourth-order valence-electron chi connectivity index (χ4n) is 3.42. The Morgan fingerprint density at radius 3 is 2.27 bits per heavy atom. The molecule has 1 aliphatic rings. The van der Waals surface area contributed by atoms with Crippen LogP contribution in [0.5, 0.6) is 0 Å². The van der Waals surface area contributed by atoms with Crippen molar-refractivity contribution in [3.63, 3.8) is 0 Å². The fraction of sp³-hybridized carbons (Fsp3) is 0.348. The number of anilines is 1. The second-order valence-corrected chi connectivity index (χ2v) is 7.26. The number of nitrogens with one attached hydrogen (secondary N) is 2. The van der Waals surface area contributed by atoms with Gasteiger partial charge in [0.2, 0.25) is 0 Å². The van der Waals surface area contributed by atoms with E-state index in [4.69, 9.17) is 4.74 Å². The minimum Gasteiger partial charge on any atom is -0.462 e. The van der Waals surface area contributed by atoms with E-state index in [1.807, 2.05) is 18.2 Å². The Bertz CT molecular complexity index is 860. The number of nitrogens with zero attached hydrogens (tertiary/aromatic N) is 1. The Labute approximate surface area is 176 Å². The van der Waals surface area contributed by atoms with Crippen LogP contribution < -0.4 is 10.6 Å². The molecule has 2 amide bonds. The van der Waals surface area contributed by atoms with Gasteiger partial charge in [0, 0.05) is 31.4 Å². The first-order valence-corrected chi connectivity index (χ1v) is 10.2. The molecule has 1 saturated heterocycles. The summed E-state index contributed by atoms with van der Waals surface area (Å²) < 4.78 is 4.92. The molecule has 2 aromatic rings. The van der Waals surface area contributed by atoms with E-state index in [9.17, 15) is 14.4 Å². The lowest BCUT2D eigenvalue weighted by atomic mass is 10.0. The topological polar surface area (TPSA) is 87.7 Å². The molecule has 0 aromatic heterocycles. The highest BCUT2D eigenvalue weighted by Crippen LogP contribution is 2.14. The molecule has 1 heterocycles. The van der Waals surface area contributed by atoms with Crippen LogP contribution in [0.3, 0.4) is 0 Å². The first-order valence-electron chi connectivity index (χ1n) is 10.2. The van der Waals surface area contributed by atoms with Gasteiger partial charge in [-0.2, -0.15) is 0 Å². The minimum atomic E-state index is -0.717. The molecule has 0 radical (unpaired) electrons. The van der Waals surface area contributed by atoms with Gasteiger partial charge in [0.1, 0.15) is 0 Å². The summed E-state index contributed by atoms with van der Waals surface area (Å²) in [6.07, 6.45) is 1.61. The van der Waals surface area contributed by atoms with E-state index in [0.717, 1.165) is 32.5 Å². The number of hydrogen-bond donors (Lipinski definition) is 2. The highest BCUT2D eigenvalue weighted by molar-refractivity contribution is 6.39. The summed E-state index contributed by atoms with van der Waals surface area (Å²) >= 11 is 0. The summed E-state index contributed by atoms with van der Waals surface area (Å²) in [6, 6.07) is 16.5. The third-order valence-corrected chi connectivity index (χ3v) is 5.03. The number of carbonyl (C=O) groups is 3. The zero-order valence-corrected chi connectivity index (χ0v) is 17.1. The van der Waals surface area contributed by atoms with E-state index in [-0.39, 0.29) is 6.04 Å². The van der Waals surface area contributed by atoms with Gasteiger partial charge in [0.05, 0.1) is 12.2 Å². The van der Waals surface area contributed by atoms with Crippen LogP contribution in [0, 0.1) is 0 Å². The molecule has 0 bridgehead atoms. The summed E-state index contributed by atoms with van der Waals surface area (Å²) in [4.78, 5) is 38.4. The maximum atomic E-state index is 12.2. The number of esters is 1. The summed E-state index contributed by atoms with van der Waals surface area (Å²) in [5, 5.41) is 5.38. The Morgan fingerprint density at radius 2 is 1.63 bits per heavy atom. The van der Waals surface area contributed by atoms with Gasteiger partial charge in [0.25, 0.3) is 0 Å². The minimum absolute atomic E-state index is 0.0125. The van der Waals surface area contributed by atoms with Gasteiger partial charge in [-0.15, -0.1) is 0 Å². The largest absolute Gasteiger partial charge is 0.462 e. The van der Waals surface area contributed by atoms with Gasteiger partial charge >= 0.3 is 17.8 Å². The van der Waals surface area contributed by atoms with Crippen LogP contribution in [0.4, 0.5) is 5.69 Å². The van der Waals surface area contributed by atoms with Crippen molar-refractivity contribution in [2.75, 3.05) is 25.0 Å². The second kappa shape index (κ2) is 10.5. The van der Waals surface area contributed by atoms with Gasteiger partial charge in [-0.05, 0) is 49.6 Å². The van der Waals surface area contributed by atoms with Gasteiger partial charge in [0.15, 0.2) is 0 Å². The number of benzene rings is 2. The lowest BCUT2D eigenvalue weighted by Crippen LogP contribution is -2.47. The maximum Gasteiger partial charge on any atom is 0.338 e. The molecule has 0 spiro atoms. The van der Waals surface area contributed by atoms with Crippen LogP contribution in [0.2, 0.25) is 0 Å². The number of ether oxygens (including phenoxy) is 1. The molecule has 1 aliphatic heterocycles. The van der Waals surface area contributed by atoms with Crippen molar-refractivity contribution in [2.24, 2.45) is 0 Å². The molecule has 30 heavy (non-hydrogen) atoms. The van der Waals surface area contributed by atoms with Crippen LogP contribution in [0.25, 0.3) is 0 Å². The zero-order valence-electron chi connectivity index (χ0n) is 17.1. The third-order valence-electron chi connectivity index (χ3n) is 5.03. The van der Waals surface area contributed by atoms with E-state index in [1.54, 1.807) is 31.2 Å². The normalized spacial score (nSPS) is 14.7. The Kier molecular flexibility index (Phi) is 7.57. The SMILES string of the molecule is CCOC(=O)c1ccc(NC(=O)C(=O)NC2CCN(Cc3ccccc3)CC2)cc1. The van der Waals surface area contributed by atoms with Crippen LogP contribution in [-0.2, 0) is 20.9 Å². The van der Waals surface area contributed by atoms with Crippen LogP contribution in [-0.4, -0.2) is 48.4 Å². The van der Waals surface area contributed by atoms with Crippen molar-refractivity contribution >= 4 is 23.5 Å². The van der Waals surface area contributed by atoms with Gasteiger partial charge in [-0.25, -0.2) is 4.79 Å². The van der Waals surface area contributed by atoms with Crippen molar-refractivity contribution in [3.05, 3.63) is 65.7 Å². The predicted molar refractivity (Wildman–Crippen MR) is 114 cm³/mol. The number of hydrogen-bond acceptors (Lipinski definition) is 5. The quantitative estimate of drug-likeness (QED) is 0.566. The van der Waals surface area contributed by atoms with E-state index in [1.165, 1.54) is 5.56 Å². The van der Waals surface area contributed by atoms with E-state index in [2.05, 4.69) is 27.7 Å². The van der Waals surface area contributed by atoms with Crippen molar-refractivity contribution < 1.29 is 19.1 Å². The first-order chi connectivity index (χ1) is 14.5. The molecule has 0 aliphatic carbocycles. The molecule has 2 aromatic carbocycles. The van der Waals surface area contributed by atoms with E-state index >= 15 is 0 Å². The number of likely N-dealkylation sites (tertiary alicyclic amines) is 1. The first kappa shape index (κ1) is 21.5. The molecule has 0 atom stereocenters. The summed E-state index contributed by atoms with van der Waals surface area (Å²) in [7, 11) is 0. The Balaban J connectivity index is 1.42. The molecule has 0 saturated carbocycles. The van der Waals surface area contributed by atoms with Crippen molar-refractivity contribution in [1.29, 1.82) is 0 Å². The second-order valence-electron chi connectivity index (χ2n) is 7.26. The molecule has 0 unspecified atom stereocenters. The van der Waals surface area contributed by atoms with Crippen LogP contribution in [0.1, 0.15) is 35.7 Å². The smallest absolute Gasteiger partial charge is 0.338 e. The standard InChI is InChI=1S/C23H27N3O4/c1-2-30-23(29)18-8-10-19(11-9-18)24-21(27)22(28)25-20-12-14-26(15-13-20)16-17-6-4-3-5-7-17/h3-11,20H,2,12-16H2,1H3,(H,24,27)(H,25,28). The zero-order chi connectivity index (χ0) is 21.3. The Morgan fingerprint density at radius 1 is 0.967 bits per heavy atom. The maximum absolute atomic E-state index is 12.2. The van der Waals surface area contributed by atoms with Crippen molar-refractivity contribution in [1.82, 2.24) is 10.2 Å². The average molecular weight is 409 g/mol. The lowest BCUT2D eigenvalue weighted by molar-refractivity contribution is -0.136. The van der Waals surface area contributed by atoms with Crippen LogP contribution in [0.15, 0.2) is 54.6 Å². The van der Waals surface area contributed by atoms with Gasteiger partial charge in [-0.1, -0.05) is 30.3 Å². The molecular weight excluding hydrogens is 382 g/mol. The number of piperidine rings is 1.